The van der Waals surface area contributed by atoms with Gasteiger partial charge in [-0.05, 0) is 36.2 Å². The topological polar surface area (TPSA) is 113 Å². The molecule has 2 atom stereocenters. The van der Waals surface area contributed by atoms with Crippen molar-refractivity contribution in [1.82, 2.24) is 5.32 Å². The lowest BCUT2D eigenvalue weighted by Gasteiger charge is -2.19. The van der Waals surface area contributed by atoms with Crippen molar-refractivity contribution in [2.75, 3.05) is 17.2 Å². The molecule has 2 unspecified atom stereocenters. The third kappa shape index (κ3) is 2.48. The van der Waals surface area contributed by atoms with E-state index in [-0.39, 0.29) is 11.8 Å². The van der Waals surface area contributed by atoms with Crippen molar-refractivity contribution >= 4 is 29.1 Å². The smallest absolute Gasteiger partial charge is 0.248 e. The number of carbonyl (C=O) groups is 3. The second-order valence-corrected chi connectivity index (χ2v) is 6.65. The van der Waals surface area contributed by atoms with E-state index in [2.05, 4.69) is 16.0 Å². The number of nitrogens with one attached hydrogen (secondary N) is 3. The molecule has 1 spiro atoms. The maximum Gasteiger partial charge on any atom is 0.248 e. The van der Waals surface area contributed by atoms with Crippen molar-refractivity contribution in [3.8, 4) is 0 Å². The zero-order valence-corrected chi connectivity index (χ0v) is 13.9. The van der Waals surface area contributed by atoms with E-state index in [9.17, 15) is 14.4 Å². The fourth-order valence-corrected chi connectivity index (χ4v) is 3.71. The monoisotopic (exact) mass is 350 g/mol. The number of fused-ring (bicyclic) bond motifs is 2. The van der Waals surface area contributed by atoms with Crippen LogP contribution >= 0.6 is 0 Å². The summed E-state index contributed by atoms with van der Waals surface area (Å²) in [5.41, 5.74) is 7.16. The Balaban J connectivity index is 1.54. The number of nitrogens with two attached hydrogens (primary N) is 1. The minimum absolute atomic E-state index is 0.152. The maximum absolute atomic E-state index is 12.7. The average molecular weight is 350 g/mol. The van der Waals surface area contributed by atoms with Crippen molar-refractivity contribution in [2.45, 2.75) is 17.9 Å². The van der Waals surface area contributed by atoms with Crippen molar-refractivity contribution < 1.29 is 14.4 Å². The van der Waals surface area contributed by atoms with Crippen LogP contribution in [0.1, 0.15) is 22.3 Å². The summed E-state index contributed by atoms with van der Waals surface area (Å²) in [6.07, 6.45) is 0.372. The van der Waals surface area contributed by atoms with E-state index < -0.39 is 17.4 Å². The Bertz CT molecular complexity index is 927. The van der Waals surface area contributed by atoms with Crippen LogP contribution in [0.3, 0.4) is 0 Å². The molecule has 1 saturated heterocycles. The standard InChI is InChI=1S/C19H18N4O3/c20-16(24)11-4-3-5-12(8-11)22-17(25)15-9-19(18(26)23-15)10-21-14-7-2-1-6-13(14)19/h1-8,15,21H,9-10H2,(H2,20,24)(H,22,25)(H,23,26). The molecule has 3 amide bonds. The first-order chi connectivity index (χ1) is 12.5. The molecular weight excluding hydrogens is 332 g/mol. The van der Waals surface area contributed by atoms with Crippen molar-refractivity contribution in [3.05, 3.63) is 59.7 Å². The SMILES string of the molecule is NC(=O)c1cccc(NC(=O)C2CC3(CNc4ccccc43)C(=O)N2)c1. The molecule has 0 aliphatic carbocycles. The maximum atomic E-state index is 12.7. The van der Waals surface area contributed by atoms with Gasteiger partial charge >= 0.3 is 0 Å². The Labute approximate surface area is 150 Å². The second kappa shape index (κ2) is 5.87. The van der Waals surface area contributed by atoms with Crippen molar-refractivity contribution in [1.29, 1.82) is 0 Å². The molecule has 0 radical (unpaired) electrons. The van der Waals surface area contributed by atoms with Crippen LogP contribution in [0.5, 0.6) is 0 Å². The first-order valence-electron chi connectivity index (χ1n) is 8.35. The quantitative estimate of drug-likeness (QED) is 0.661. The summed E-state index contributed by atoms with van der Waals surface area (Å²) in [6.45, 7) is 0.471. The summed E-state index contributed by atoms with van der Waals surface area (Å²) < 4.78 is 0. The van der Waals surface area contributed by atoms with Crippen LogP contribution in [0, 0.1) is 0 Å². The Morgan fingerprint density at radius 2 is 1.96 bits per heavy atom. The van der Waals surface area contributed by atoms with Gasteiger partial charge in [0.1, 0.15) is 6.04 Å². The molecule has 4 rings (SSSR count). The first-order valence-corrected chi connectivity index (χ1v) is 8.35. The molecule has 1 fully saturated rings. The van der Waals surface area contributed by atoms with E-state index in [1.54, 1.807) is 18.2 Å². The molecule has 0 aromatic heterocycles. The molecule has 0 bridgehead atoms. The number of rotatable bonds is 3. The molecule has 2 aromatic carbocycles. The molecule has 2 aliphatic rings. The van der Waals surface area contributed by atoms with Crippen LogP contribution in [0.15, 0.2) is 48.5 Å². The van der Waals surface area contributed by atoms with Gasteiger partial charge in [0.15, 0.2) is 0 Å². The minimum atomic E-state index is -0.728. The zero-order chi connectivity index (χ0) is 18.3. The number of carbonyl (C=O) groups excluding carboxylic acids is 3. The normalized spacial score (nSPS) is 23.2. The zero-order valence-electron chi connectivity index (χ0n) is 13.9. The van der Waals surface area contributed by atoms with Crippen LogP contribution in [0.4, 0.5) is 11.4 Å². The molecular formula is C19H18N4O3. The largest absolute Gasteiger partial charge is 0.383 e. The van der Waals surface area contributed by atoms with Gasteiger partial charge in [-0.15, -0.1) is 0 Å². The first kappa shape index (κ1) is 16.1. The lowest BCUT2D eigenvalue weighted by molar-refractivity contribution is -0.125. The van der Waals surface area contributed by atoms with Crippen LogP contribution in [-0.4, -0.2) is 30.3 Å². The number of primary amides is 1. The summed E-state index contributed by atoms with van der Waals surface area (Å²) >= 11 is 0. The summed E-state index contributed by atoms with van der Waals surface area (Å²) in [5, 5.41) is 8.80. The summed E-state index contributed by atoms with van der Waals surface area (Å²) in [6, 6.07) is 13.4. The van der Waals surface area contributed by atoms with E-state index in [0.29, 0.717) is 24.2 Å². The number of hydrogen-bond acceptors (Lipinski definition) is 4. The highest BCUT2D eigenvalue weighted by Gasteiger charge is 2.53. The highest BCUT2D eigenvalue weighted by Crippen LogP contribution is 2.43. The Morgan fingerprint density at radius 1 is 1.15 bits per heavy atom. The van der Waals surface area contributed by atoms with E-state index in [1.807, 2.05) is 24.3 Å². The van der Waals surface area contributed by atoms with Crippen LogP contribution < -0.4 is 21.7 Å². The van der Waals surface area contributed by atoms with Gasteiger partial charge in [0.25, 0.3) is 0 Å². The predicted molar refractivity (Wildman–Crippen MR) is 96.7 cm³/mol. The molecule has 2 aromatic rings. The van der Waals surface area contributed by atoms with Gasteiger partial charge in [-0.25, -0.2) is 0 Å². The molecule has 7 heteroatoms. The van der Waals surface area contributed by atoms with E-state index in [1.165, 1.54) is 6.07 Å². The summed E-state index contributed by atoms with van der Waals surface area (Å²) in [5.74, 6) is -1.04. The molecule has 26 heavy (non-hydrogen) atoms. The Hall–Kier alpha value is -3.35. The molecule has 5 N–H and O–H groups in total. The van der Waals surface area contributed by atoms with Crippen LogP contribution in [0.2, 0.25) is 0 Å². The number of amides is 3. The number of benzene rings is 2. The van der Waals surface area contributed by atoms with E-state index in [4.69, 9.17) is 5.73 Å². The van der Waals surface area contributed by atoms with Crippen molar-refractivity contribution in [2.24, 2.45) is 5.73 Å². The van der Waals surface area contributed by atoms with Gasteiger partial charge in [0.05, 0.1) is 5.41 Å². The lowest BCUT2D eigenvalue weighted by atomic mass is 9.79. The highest BCUT2D eigenvalue weighted by molar-refractivity contribution is 6.04. The second-order valence-electron chi connectivity index (χ2n) is 6.65. The van der Waals surface area contributed by atoms with E-state index in [0.717, 1.165) is 11.3 Å². The van der Waals surface area contributed by atoms with Gasteiger partial charge in [-0.1, -0.05) is 24.3 Å². The third-order valence-corrected chi connectivity index (χ3v) is 5.05. The van der Waals surface area contributed by atoms with Gasteiger partial charge in [0, 0.05) is 23.5 Å². The molecule has 132 valence electrons. The van der Waals surface area contributed by atoms with Crippen LogP contribution in [0.25, 0.3) is 0 Å². The molecule has 7 nitrogen and oxygen atoms in total. The molecule has 0 saturated carbocycles. The van der Waals surface area contributed by atoms with Gasteiger partial charge in [-0.2, -0.15) is 0 Å². The predicted octanol–water partition coefficient (Wildman–Crippen LogP) is 0.976. The van der Waals surface area contributed by atoms with Gasteiger partial charge < -0.3 is 21.7 Å². The Kier molecular flexibility index (Phi) is 3.64. The third-order valence-electron chi connectivity index (χ3n) is 5.05. The van der Waals surface area contributed by atoms with Crippen LogP contribution in [-0.2, 0) is 15.0 Å². The Morgan fingerprint density at radius 3 is 2.77 bits per heavy atom. The lowest BCUT2D eigenvalue weighted by Crippen LogP contribution is -2.39. The number of para-hydroxylation sites is 1. The number of anilines is 2. The fourth-order valence-electron chi connectivity index (χ4n) is 3.71. The number of hydrogen-bond donors (Lipinski definition) is 4. The molecule has 2 aliphatic heterocycles. The van der Waals surface area contributed by atoms with Gasteiger partial charge in [-0.3, -0.25) is 14.4 Å². The average Bonchev–Trinajstić information content (AvgIpc) is 3.18. The fraction of sp³-hybridized carbons (Fsp3) is 0.211. The highest BCUT2D eigenvalue weighted by atomic mass is 16.2. The van der Waals surface area contributed by atoms with Gasteiger partial charge in [0.2, 0.25) is 17.7 Å². The summed E-state index contributed by atoms with van der Waals surface area (Å²) in [7, 11) is 0. The summed E-state index contributed by atoms with van der Waals surface area (Å²) in [4.78, 5) is 36.6. The minimum Gasteiger partial charge on any atom is -0.383 e. The van der Waals surface area contributed by atoms with E-state index >= 15 is 0 Å². The molecule has 2 heterocycles. The van der Waals surface area contributed by atoms with Crippen molar-refractivity contribution in [3.63, 3.8) is 0 Å².